The van der Waals surface area contributed by atoms with Crippen LogP contribution in [0.3, 0.4) is 0 Å². The van der Waals surface area contributed by atoms with Crippen LogP contribution >= 0.6 is 0 Å². The minimum absolute atomic E-state index is 0.0446. The summed E-state index contributed by atoms with van der Waals surface area (Å²) in [4.78, 5) is 12.0. The summed E-state index contributed by atoms with van der Waals surface area (Å²) in [6.07, 6.45) is 3.92. The smallest absolute Gasteiger partial charge is 0.169 e. The molecule has 70 valence electrons. The van der Waals surface area contributed by atoms with Crippen LogP contribution < -0.4 is 0 Å². The standard InChI is InChI=1S/C12H16O/c1-5-12-7-6-9(11(12,3)4)8(2)10(12)13/h5,9H,1-2,6-7H2,3-4H3. The number of Topliss-reactive ketones (excluding diaryl/α,β-unsaturated/α-hetero) is 1. The quantitative estimate of drug-likeness (QED) is 0.443. The third kappa shape index (κ3) is 0.676. The van der Waals surface area contributed by atoms with Crippen LogP contribution in [0.25, 0.3) is 0 Å². The number of carbonyl (C=O) groups excluding carboxylic acids is 1. The molecule has 2 unspecified atom stereocenters. The predicted octanol–water partition coefficient (Wildman–Crippen LogP) is 2.73. The number of rotatable bonds is 1. The van der Waals surface area contributed by atoms with Crippen molar-refractivity contribution in [3.63, 3.8) is 0 Å². The normalized spacial score (nSPS) is 41.2. The Bertz CT molecular complexity index is 311. The van der Waals surface area contributed by atoms with E-state index in [-0.39, 0.29) is 16.6 Å². The van der Waals surface area contributed by atoms with Crippen molar-refractivity contribution in [2.45, 2.75) is 26.7 Å². The molecular formula is C12H16O. The largest absolute Gasteiger partial charge is 0.294 e. The first-order chi connectivity index (χ1) is 5.97. The molecule has 0 aliphatic heterocycles. The molecule has 2 aliphatic carbocycles. The van der Waals surface area contributed by atoms with Gasteiger partial charge < -0.3 is 0 Å². The Balaban J connectivity index is 2.62. The maximum atomic E-state index is 12.0. The van der Waals surface area contributed by atoms with E-state index in [2.05, 4.69) is 27.0 Å². The van der Waals surface area contributed by atoms with Crippen LogP contribution in [0, 0.1) is 16.7 Å². The number of hydrogen-bond acceptors (Lipinski definition) is 1. The van der Waals surface area contributed by atoms with Gasteiger partial charge >= 0.3 is 0 Å². The van der Waals surface area contributed by atoms with E-state index in [0.29, 0.717) is 5.92 Å². The van der Waals surface area contributed by atoms with Gasteiger partial charge in [-0.2, -0.15) is 0 Å². The zero-order chi connectivity index (χ0) is 9.85. The Morgan fingerprint density at radius 3 is 2.46 bits per heavy atom. The molecule has 1 heteroatoms. The van der Waals surface area contributed by atoms with Gasteiger partial charge in [-0.3, -0.25) is 4.79 Å². The summed E-state index contributed by atoms with van der Waals surface area (Å²) in [5, 5.41) is 0. The van der Waals surface area contributed by atoms with Crippen LogP contribution in [-0.4, -0.2) is 5.78 Å². The van der Waals surface area contributed by atoms with Crippen LogP contribution in [0.5, 0.6) is 0 Å². The van der Waals surface area contributed by atoms with Crippen molar-refractivity contribution in [1.29, 1.82) is 0 Å². The van der Waals surface area contributed by atoms with Crippen molar-refractivity contribution in [2.24, 2.45) is 16.7 Å². The third-order valence-corrected chi connectivity index (χ3v) is 4.31. The first-order valence-corrected chi connectivity index (χ1v) is 4.84. The van der Waals surface area contributed by atoms with E-state index in [4.69, 9.17) is 0 Å². The highest BCUT2D eigenvalue weighted by Crippen LogP contribution is 2.65. The van der Waals surface area contributed by atoms with E-state index in [1.807, 2.05) is 6.08 Å². The second kappa shape index (κ2) is 2.14. The van der Waals surface area contributed by atoms with Gasteiger partial charge in [0.05, 0.1) is 5.41 Å². The van der Waals surface area contributed by atoms with Crippen molar-refractivity contribution in [3.8, 4) is 0 Å². The van der Waals surface area contributed by atoms with E-state index in [1.54, 1.807) is 0 Å². The lowest BCUT2D eigenvalue weighted by Crippen LogP contribution is -2.33. The summed E-state index contributed by atoms with van der Waals surface area (Å²) < 4.78 is 0. The van der Waals surface area contributed by atoms with Gasteiger partial charge in [0.2, 0.25) is 0 Å². The molecule has 0 aromatic rings. The molecule has 2 saturated carbocycles. The summed E-state index contributed by atoms with van der Waals surface area (Å²) in [5.41, 5.74) is 0.577. The number of carbonyl (C=O) groups is 1. The van der Waals surface area contributed by atoms with E-state index in [0.717, 1.165) is 18.4 Å². The van der Waals surface area contributed by atoms with Crippen molar-refractivity contribution >= 4 is 5.78 Å². The molecule has 0 amide bonds. The summed E-state index contributed by atoms with van der Waals surface area (Å²) in [6.45, 7) is 12.1. The molecule has 0 N–H and O–H groups in total. The molecule has 0 saturated heterocycles. The van der Waals surface area contributed by atoms with Crippen LogP contribution in [-0.2, 0) is 4.79 Å². The van der Waals surface area contributed by atoms with Gasteiger partial charge in [0.25, 0.3) is 0 Å². The summed E-state index contributed by atoms with van der Waals surface area (Å²) in [7, 11) is 0. The fourth-order valence-electron chi connectivity index (χ4n) is 3.28. The SMILES string of the molecule is C=CC12CCC(C(=C)C1=O)C2(C)C. The zero-order valence-corrected chi connectivity index (χ0v) is 8.39. The Hall–Kier alpha value is -0.850. The Kier molecular flexibility index (Phi) is 1.44. The molecule has 0 aromatic carbocycles. The van der Waals surface area contributed by atoms with Crippen molar-refractivity contribution in [2.75, 3.05) is 0 Å². The molecule has 2 bridgehead atoms. The fourth-order valence-corrected chi connectivity index (χ4v) is 3.28. The maximum absolute atomic E-state index is 12.0. The first-order valence-electron chi connectivity index (χ1n) is 4.84. The molecule has 2 fully saturated rings. The van der Waals surface area contributed by atoms with E-state index in [1.165, 1.54) is 0 Å². The summed E-state index contributed by atoms with van der Waals surface area (Å²) >= 11 is 0. The maximum Gasteiger partial charge on any atom is 0.169 e. The second-order valence-corrected chi connectivity index (χ2v) is 4.84. The lowest BCUT2D eigenvalue weighted by Gasteiger charge is -2.32. The molecule has 2 atom stereocenters. The highest BCUT2D eigenvalue weighted by molar-refractivity contribution is 6.05. The van der Waals surface area contributed by atoms with Gasteiger partial charge in [-0.25, -0.2) is 0 Å². The highest BCUT2D eigenvalue weighted by atomic mass is 16.1. The van der Waals surface area contributed by atoms with Crippen LogP contribution in [0.2, 0.25) is 0 Å². The fraction of sp³-hybridized carbons (Fsp3) is 0.583. The molecule has 0 heterocycles. The first kappa shape index (κ1) is 8.74. The van der Waals surface area contributed by atoms with E-state index in [9.17, 15) is 4.79 Å². The van der Waals surface area contributed by atoms with Crippen molar-refractivity contribution in [3.05, 3.63) is 24.8 Å². The second-order valence-electron chi connectivity index (χ2n) is 4.84. The molecule has 13 heavy (non-hydrogen) atoms. The van der Waals surface area contributed by atoms with Crippen molar-refractivity contribution < 1.29 is 4.79 Å². The minimum Gasteiger partial charge on any atom is -0.294 e. The molecule has 1 nitrogen and oxygen atoms in total. The molecule has 2 rings (SSSR count). The Morgan fingerprint density at radius 2 is 2.15 bits per heavy atom. The lowest BCUT2D eigenvalue weighted by molar-refractivity contribution is -0.123. The Labute approximate surface area is 79.5 Å². The average Bonchev–Trinajstić information content (AvgIpc) is 2.41. The molecular weight excluding hydrogens is 160 g/mol. The number of hydrogen-bond donors (Lipinski definition) is 0. The summed E-state index contributed by atoms with van der Waals surface area (Å²) in [6, 6.07) is 0. The topological polar surface area (TPSA) is 17.1 Å². The van der Waals surface area contributed by atoms with Crippen molar-refractivity contribution in [1.82, 2.24) is 0 Å². The average molecular weight is 176 g/mol. The van der Waals surface area contributed by atoms with Gasteiger partial charge in [-0.1, -0.05) is 26.5 Å². The molecule has 0 radical (unpaired) electrons. The van der Waals surface area contributed by atoms with Crippen LogP contribution in [0.4, 0.5) is 0 Å². The van der Waals surface area contributed by atoms with Gasteiger partial charge in [-0.15, -0.1) is 6.58 Å². The monoisotopic (exact) mass is 176 g/mol. The number of ketones is 1. The predicted molar refractivity (Wildman–Crippen MR) is 53.3 cm³/mol. The molecule has 2 aliphatic rings. The van der Waals surface area contributed by atoms with Gasteiger partial charge in [-0.05, 0) is 29.7 Å². The Morgan fingerprint density at radius 1 is 1.54 bits per heavy atom. The van der Waals surface area contributed by atoms with Gasteiger partial charge in [0.15, 0.2) is 5.78 Å². The van der Waals surface area contributed by atoms with Crippen LogP contribution in [0.15, 0.2) is 24.8 Å². The number of fused-ring (bicyclic) bond motifs is 2. The van der Waals surface area contributed by atoms with Crippen LogP contribution in [0.1, 0.15) is 26.7 Å². The zero-order valence-electron chi connectivity index (χ0n) is 8.39. The molecule has 0 spiro atoms. The molecule has 0 aromatic heterocycles. The minimum atomic E-state index is -0.297. The van der Waals surface area contributed by atoms with Gasteiger partial charge in [0.1, 0.15) is 0 Å². The summed E-state index contributed by atoms with van der Waals surface area (Å²) in [5.74, 6) is 0.627. The highest BCUT2D eigenvalue weighted by Gasteiger charge is 2.64. The third-order valence-electron chi connectivity index (χ3n) is 4.31. The van der Waals surface area contributed by atoms with E-state index < -0.39 is 0 Å². The van der Waals surface area contributed by atoms with E-state index >= 15 is 0 Å². The van der Waals surface area contributed by atoms with Gasteiger partial charge in [0, 0.05) is 0 Å². The number of allylic oxidation sites excluding steroid dienone is 2. The lowest BCUT2D eigenvalue weighted by atomic mass is 9.69.